The summed E-state index contributed by atoms with van der Waals surface area (Å²) in [4.78, 5) is 17.8. The molecule has 2 saturated heterocycles. The third-order valence-electron chi connectivity index (χ3n) is 7.36. The van der Waals surface area contributed by atoms with Crippen molar-refractivity contribution in [1.82, 2.24) is 14.4 Å². The number of amides is 1. The van der Waals surface area contributed by atoms with Gasteiger partial charge >= 0.3 is 0 Å². The highest BCUT2D eigenvalue weighted by molar-refractivity contribution is 5.93. The summed E-state index contributed by atoms with van der Waals surface area (Å²) in [5, 5.41) is 0. The van der Waals surface area contributed by atoms with Gasteiger partial charge in [0.2, 0.25) is 0 Å². The maximum Gasteiger partial charge on any atom is 0.270 e. The van der Waals surface area contributed by atoms with Crippen LogP contribution < -0.4 is 0 Å². The van der Waals surface area contributed by atoms with Crippen molar-refractivity contribution in [3.8, 4) is 11.1 Å². The molecule has 2 aromatic carbocycles. The van der Waals surface area contributed by atoms with Crippen LogP contribution in [0.1, 0.15) is 40.0 Å². The van der Waals surface area contributed by atoms with E-state index in [0.29, 0.717) is 12.1 Å². The third kappa shape index (κ3) is 2.74. The average molecular weight is 398 g/mol. The number of hydrogen-bond acceptors (Lipinski definition) is 2. The Morgan fingerprint density at radius 1 is 0.933 bits per heavy atom. The van der Waals surface area contributed by atoms with Gasteiger partial charge in [0.05, 0.1) is 0 Å². The van der Waals surface area contributed by atoms with E-state index in [1.165, 1.54) is 27.8 Å². The number of aromatic nitrogens is 1. The number of fused-ring (bicyclic) bond motifs is 4. The fraction of sp³-hybridized carbons (Fsp3) is 0.346. The van der Waals surface area contributed by atoms with Crippen molar-refractivity contribution in [2.45, 2.75) is 37.9 Å². The summed E-state index contributed by atoms with van der Waals surface area (Å²) in [5.41, 5.74) is 7.88. The standard InChI is InChI=1S/C26H27N3O/c1-27-12-4-7-25(27)26(30)29-14-11-23-24(29)10-13-28(23)17-18-8-9-22-20(15-18)16-19-5-2-3-6-21(19)22/h2-9,12,15,23-24H,10-11,13-14,16-17H2,1H3/t23-,24-/m0/s1. The largest absolute Gasteiger partial charge is 0.347 e. The van der Waals surface area contributed by atoms with E-state index in [1.807, 2.05) is 29.9 Å². The number of nitrogens with zero attached hydrogens (tertiary/aromatic N) is 3. The Morgan fingerprint density at radius 3 is 2.63 bits per heavy atom. The first-order valence-corrected chi connectivity index (χ1v) is 11.1. The zero-order chi connectivity index (χ0) is 20.2. The highest BCUT2D eigenvalue weighted by Crippen LogP contribution is 2.38. The van der Waals surface area contributed by atoms with E-state index in [0.717, 1.165) is 44.6 Å². The molecule has 2 fully saturated rings. The van der Waals surface area contributed by atoms with Crippen LogP contribution in [-0.2, 0) is 20.0 Å². The number of aryl methyl sites for hydroxylation is 1. The zero-order valence-corrected chi connectivity index (χ0v) is 17.4. The number of carbonyl (C=O) groups excluding carboxylic acids is 1. The van der Waals surface area contributed by atoms with Crippen LogP contribution in [0.25, 0.3) is 11.1 Å². The number of carbonyl (C=O) groups is 1. The summed E-state index contributed by atoms with van der Waals surface area (Å²) in [6.07, 6.45) is 5.16. The lowest BCUT2D eigenvalue weighted by Gasteiger charge is -2.26. The molecule has 1 amide bonds. The summed E-state index contributed by atoms with van der Waals surface area (Å²) in [6.45, 7) is 2.93. The molecule has 2 aliphatic heterocycles. The van der Waals surface area contributed by atoms with E-state index in [2.05, 4.69) is 52.3 Å². The molecule has 0 saturated carbocycles. The minimum Gasteiger partial charge on any atom is -0.347 e. The van der Waals surface area contributed by atoms with Gasteiger partial charge in [0.25, 0.3) is 5.91 Å². The molecule has 3 aliphatic rings. The van der Waals surface area contributed by atoms with Crippen molar-refractivity contribution in [2.24, 2.45) is 7.05 Å². The summed E-state index contributed by atoms with van der Waals surface area (Å²) in [6, 6.07) is 20.5. The number of hydrogen-bond donors (Lipinski definition) is 0. The second kappa shape index (κ2) is 6.85. The van der Waals surface area contributed by atoms with E-state index in [1.54, 1.807) is 0 Å². The first kappa shape index (κ1) is 18.0. The number of rotatable bonds is 3. The van der Waals surface area contributed by atoms with Crippen LogP contribution in [0.2, 0.25) is 0 Å². The Labute approximate surface area is 177 Å². The minimum absolute atomic E-state index is 0.187. The molecule has 4 heteroatoms. The lowest BCUT2D eigenvalue weighted by Crippen LogP contribution is -2.40. The van der Waals surface area contributed by atoms with Crippen LogP contribution in [0.5, 0.6) is 0 Å². The fourth-order valence-corrected chi connectivity index (χ4v) is 5.89. The molecule has 6 rings (SSSR count). The highest BCUT2D eigenvalue weighted by atomic mass is 16.2. The van der Waals surface area contributed by atoms with Crippen molar-refractivity contribution < 1.29 is 4.79 Å². The van der Waals surface area contributed by atoms with Gasteiger partial charge in [0, 0.05) is 45.0 Å². The van der Waals surface area contributed by atoms with Crippen molar-refractivity contribution in [2.75, 3.05) is 13.1 Å². The van der Waals surface area contributed by atoms with Crippen molar-refractivity contribution in [3.05, 3.63) is 83.2 Å². The average Bonchev–Trinajstić information content (AvgIpc) is 3.51. The fourth-order valence-electron chi connectivity index (χ4n) is 5.89. The quantitative estimate of drug-likeness (QED) is 0.521. The Balaban J connectivity index is 1.18. The normalized spacial score (nSPS) is 22.2. The van der Waals surface area contributed by atoms with Crippen LogP contribution in [-0.4, -0.2) is 45.4 Å². The van der Waals surface area contributed by atoms with E-state index < -0.39 is 0 Å². The van der Waals surface area contributed by atoms with Gasteiger partial charge in [-0.3, -0.25) is 9.69 Å². The van der Waals surface area contributed by atoms with Gasteiger partial charge in [-0.15, -0.1) is 0 Å². The predicted octanol–water partition coefficient (Wildman–Crippen LogP) is 4.09. The molecule has 152 valence electrons. The Kier molecular flexibility index (Phi) is 4.10. The molecule has 0 bridgehead atoms. The third-order valence-corrected chi connectivity index (χ3v) is 7.36. The van der Waals surface area contributed by atoms with Crippen LogP contribution in [0.15, 0.2) is 60.8 Å². The second-order valence-corrected chi connectivity index (χ2v) is 9.01. The second-order valence-electron chi connectivity index (χ2n) is 9.01. The summed E-state index contributed by atoms with van der Waals surface area (Å²) in [5.74, 6) is 0.187. The Hall–Kier alpha value is -2.85. The molecule has 3 heterocycles. The molecule has 0 unspecified atom stereocenters. The summed E-state index contributed by atoms with van der Waals surface area (Å²) < 4.78 is 1.94. The van der Waals surface area contributed by atoms with E-state index in [4.69, 9.17) is 0 Å². The molecule has 0 N–H and O–H groups in total. The molecular formula is C26H27N3O. The van der Waals surface area contributed by atoms with E-state index in [9.17, 15) is 4.79 Å². The van der Waals surface area contributed by atoms with Crippen LogP contribution in [0, 0.1) is 0 Å². The van der Waals surface area contributed by atoms with Gasteiger partial charge in [0.15, 0.2) is 0 Å². The number of benzene rings is 2. The van der Waals surface area contributed by atoms with Gasteiger partial charge in [-0.2, -0.15) is 0 Å². The van der Waals surface area contributed by atoms with Crippen molar-refractivity contribution in [3.63, 3.8) is 0 Å². The topological polar surface area (TPSA) is 28.5 Å². The van der Waals surface area contributed by atoms with Gasteiger partial charge < -0.3 is 9.47 Å². The lowest BCUT2D eigenvalue weighted by molar-refractivity contribution is 0.0722. The summed E-state index contributed by atoms with van der Waals surface area (Å²) in [7, 11) is 1.95. The van der Waals surface area contributed by atoms with Crippen LogP contribution >= 0.6 is 0 Å². The molecule has 1 aliphatic carbocycles. The predicted molar refractivity (Wildman–Crippen MR) is 118 cm³/mol. The molecular weight excluding hydrogens is 370 g/mol. The number of likely N-dealkylation sites (tertiary alicyclic amines) is 2. The Morgan fingerprint density at radius 2 is 1.77 bits per heavy atom. The first-order valence-electron chi connectivity index (χ1n) is 11.1. The van der Waals surface area contributed by atoms with Gasteiger partial charge in [-0.1, -0.05) is 42.5 Å². The van der Waals surface area contributed by atoms with Crippen LogP contribution in [0.3, 0.4) is 0 Å². The van der Waals surface area contributed by atoms with Crippen molar-refractivity contribution >= 4 is 5.91 Å². The zero-order valence-electron chi connectivity index (χ0n) is 17.4. The first-order chi connectivity index (χ1) is 14.7. The summed E-state index contributed by atoms with van der Waals surface area (Å²) >= 11 is 0. The minimum atomic E-state index is 0.187. The molecule has 3 aromatic rings. The smallest absolute Gasteiger partial charge is 0.270 e. The molecule has 2 atom stereocenters. The lowest BCUT2D eigenvalue weighted by atomic mass is 10.0. The Bertz CT molecular complexity index is 1130. The maximum absolute atomic E-state index is 13.1. The van der Waals surface area contributed by atoms with E-state index in [-0.39, 0.29) is 5.91 Å². The molecule has 0 radical (unpaired) electrons. The van der Waals surface area contributed by atoms with Crippen molar-refractivity contribution in [1.29, 1.82) is 0 Å². The maximum atomic E-state index is 13.1. The van der Waals surface area contributed by atoms with E-state index >= 15 is 0 Å². The monoisotopic (exact) mass is 397 g/mol. The molecule has 0 spiro atoms. The molecule has 30 heavy (non-hydrogen) atoms. The molecule has 1 aromatic heterocycles. The van der Waals surface area contributed by atoms with Crippen LogP contribution in [0.4, 0.5) is 0 Å². The van der Waals surface area contributed by atoms with Gasteiger partial charge in [-0.25, -0.2) is 0 Å². The highest BCUT2D eigenvalue weighted by Gasteiger charge is 2.44. The molecule has 4 nitrogen and oxygen atoms in total. The van der Waals surface area contributed by atoms with Gasteiger partial charge in [-0.05, 0) is 59.2 Å². The van der Waals surface area contributed by atoms with Gasteiger partial charge in [0.1, 0.15) is 5.69 Å². The SMILES string of the molecule is Cn1cccc1C(=O)N1CC[C@H]2[C@@H]1CCN2Cc1ccc2c(c1)Cc1ccccc1-2.